The summed E-state index contributed by atoms with van der Waals surface area (Å²) in [4.78, 5) is 0. The summed E-state index contributed by atoms with van der Waals surface area (Å²) in [6.07, 6.45) is 2.12. The molecule has 0 aromatic heterocycles. The predicted octanol–water partition coefficient (Wildman–Crippen LogP) is 5.80. The van der Waals surface area contributed by atoms with E-state index in [9.17, 15) is 0 Å². The topological polar surface area (TPSA) is 12.0 Å². The van der Waals surface area contributed by atoms with Crippen LogP contribution in [0.25, 0.3) is 0 Å². The zero-order valence-corrected chi connectivity index (χ0v) is 15.7. The van der Waals surface area contributed by atoms with Gasteiger partial charge in [0.15, 0.2) is 0 Å². The third kappa shape index (κ3) is 4.41. The van der Waals surface area contributed by atoms with Crippen molar-refractivity contribution in [2.24, 2.45) is 0 Å². The summed E-state index contributed by atoms with van der Waals surface area (Å²) < 4.78 is 2.36. The SMILES string of the molecule is CCCNC(Cc1ccccc1Br)c1cccc(Br)c1C. The van der Waals surface area contributed by atoms with Crippen molar-refractivity contribution < 1.29 is 0 Å². The average molecular weight is 411 g/mol. The Hall–Kier alpha value is -0.640. The second-order valence-corrected chi connectivity index (χ2v) is 6.96. The Kier molecular flexibility index (Phi) is 6.46. The van der Waals surface area contributed by atoms with Gasteiger partial charge in [-0.3, -0.25) is 0 Å². The monoisotopic (exact) mass is 409 g/mol. The summed E-state index contributed by atoms with van der Waals surface area (Å²) in [6.45, 7) is 5.41. The molecule has 2 aromatic carbocycles. The van der Waals surface area contributed by atoms with Crippen LogP contribution in [0.2, 0.25) is 0 Å². The minimum atomic E-state index is 0.334. The lowest BCUT2D eigenvalue weighted by Crippen LogP contribution is -2.25. The molecular formula is C18H21Br2N. The first-order valence-corrected chi connectivity index (χ1v) is 8.94. The fraction of sp³-hybridized carbons (Fsp3) is 0.333. The molecule has 3 heteroatoms. The van der Waals surface area contributed by atoms with E-state index in [4.69, 9.17) is 0 Å². The van der Waals surface area contributed by atoms with E-state index in [1.807, 2.05) is 0 Å². The van der Waals surface area contributed by atoms with Gasteiger partial charge in [0.2, 0.25) is 0 Å². The molecule has 1 atom stereocenters. The average Bonchev–Trinajstić information content (AvgIpc) is 2.48. The zero-order valence-electron chi connectivity index (χ0n) is 12.5. The van der Waals surface area contributed by atoms with Crippen LogP contribution < -0.4 is 5.32 Å². The maximum atomic E-state index is 3.69. The normalized spacial score (nSPS) is 12.4. The zero-order chi connectivity index (χ0) is 15.2. The summed E-state index contributed by atoms with van der Waals surface area (Å²) >= 11 is 7.31. The van der Waals surface area contributed by atoms with Gasteiger partial charge in [-0.05, 0) is 55.1 Å². The Morgan fingerprint density at radius 2 is 1.71 bits per heavy atom. The Morgan fingerprint density at radius 3 is 2.43 bits per heavy atom. The lowest BCUT2D eigenvalue weighted by molar-refractivity contribution is 0.526. The van der Waals surface area contributed by atoms with Gasteiger partial charge in [-0.15, -0.1) is 0 Å². The summed E-state index contributed by atoms with van der Waals surface area (Å²) in [5.74, 6) is 0. The predicted molar refractivity (Wildman–Crippen MR) is 97.8 cm³/mol. The highest BCUT2D eigenvalue weighted by Crippen LogP contribution is 2.29. The van der Waals surface area contributed by atoms with Crippen LogP contribution in [0.4, 0.5) is 0 Å². The molecule has 1 N–H and O–H groups in total. The minimum Gasteiger partial charge on any atom is -0.310 e. The fourth-order valence-electron chi connectivity index (χ4n) is 2.50. The lowest BCUT2D eigenvalue weighted by atomic mass is 9.95. The van der Waals surface area contributed by atoms with Gasteiger partial charge in [-0.2, -0.15) is 0 Å². The van der Waals surface area contributed by atoms with E-state index in [1.165, 1.54) is 25.6 Å². The molecule has 21 heavy (non-hydrogen) atoms. The molecule has 0 aliphatic heterocycles. The van der Waals surface area contributed by atoms with Gasteiger partial charge < -0.3 is 5.32 Å². The molecule has 1 unspecified atom stereocenters. The summed E-state index contributed by atoms with van der Waals surface area (Å²) in [5, 5.41) is 3.69. The molecular weight excluding hydrogens is 390 g/mol. The van der Waals surface area contributed by atoms with Gasteiger partial charge in [-0.1, -0.05) is 69.1 Å². The van der Waals surface area contributed by atoms with E-state index < -0.39 is 0 Å². The molecule has 0 amide bonds. The fourth-order valence-corrected chi connectivity index (χ4v) is 3.32. The number of benzene rings is 2. The number of hydrogen-bond donors (Lipinski definition) is 1. The minimum absolute atomic E-state index is 0.334. The molecule has 0 radical (unpaired) electrons. The van der Waals surface area contributed by atoms with E-state index in [0.29, 0.717) is 6.04 Å². The molecule has 0 aliphatic rings. The second kappa shape index (κ2) is 8.11. The third-order valence-corrected chi connectivity index (χ3v) is 5.34. The van der Waals surface area contributed by atoms with E-state index in [0.717, 1.165) is 19.4 Å². The van der Waals surface area contributed by atoms with E-state index in [-0.39, 0.29) is 0 Å². The van der Waals surface area contributed by atoms with Crippen molar-refractivity contribution in [3.63, 3.8) is 0 Å². The number of halogens is 2. The Balaban J connectivity index is 2.30. The van der Waals surface area contributed by atoms with Crippen LogP contribution in [-0.2, 0) is 6.42 Å². The van der Waals surface area contributed by atoms with E-state index in [2.05, 4.69) is 93.5 Å². The molecule has 0 fully saturated rings. The van der Waals surface area contributed by atoms with Crippen LogP contribution in [0.1, 0.15) is 36.1 Å². The summed E-state index contributed by atoms with van der Waals surface area (Å²) in [6, 6.07) is 15.3. The molecule has 0 aliphatic carbocycles. The highest BCUT2D eigenvalue weighted by atomic mass is 79.9. The van der Waals surface area contributed by atoms with Crippen molar-refractivity contribution in [2.45, 2.75) is 32.7 Å². The first-order valence-electron chi connectivity index (χ1n) is 7.35. The number of rotatable bonds is 6. The van der Waals surface area contributed by atoms with Crippen LogP contribution in [0, 0.1) is 6.92 Å². The van der Waals surface area contributed by atoms with Crippen LogP contribution >= 0.6 is 31.9 Å². The largest absolute Gasteiger partial charge is 0.310 e. The Morgan fingerprint density at radius 1 is 1.00 bits per heavy atom. The molecule has 0 spiro atoms. The maximum Gasteiger partial charge on any atom is 0.0364 e. The van der Waals surface area contributed by atoms with Crippen LogP contribution in [0.15, 0.2) is 51.4 Å². The molecule has 0 heterocycles. The molecule has 0 saturated heterocycles. The molecule has 1 nitrogen and oxygen atoms in total. The van der Waals surface area contributed by atoms with Crippen molar-refractivity contribution in [1.82, 2.24) is 5.32 Å². The maximum absolute atomic E-state index is 3.69. The molecule has 2 rings (SSSR count). The van der Waals surface area contributed by atoms with Gasteiger partial charge in [0, 0.05) is 15.0 Å². The van der Waals surface area contributed by atoms with Gasteiger partial charge in [-0.25, -0.2) is 0 Å². The Labute approximate surface area is 144 Å². The number of hydrogen-bond acceptors (Lipinski definition) is 1. The molecule has 2 aromatic rings. The van der Waals surface area contributed by atoms with Crippen LogP contribution in [-0.4, -0.2) is 6.54 Å². The van der Waals surface area contributed by atoms with Crippen molar-refractivity contribution in [3.8, 4) is 0 Å². The van der Waals surface area contributed by atoms with Gasteiger partial charge in [0.1, 0.15) is 0 Å². The second-order valence-electron chi connectivity index (χ2n) is 5.26. The third-order valence-electron chi connectivity index (χ3n) is 3.71. The van der Waals surface area contributed by atoms with Crippen molar-refractivity contribution in [3.05, 3.63) is 68.1 Å². The highest BCUT2D eigenvalue weighted by molar-refractivity contribution is 9.10. The first kappa shape index (κ1) is 16.7. The molecule has 0 saturated carbocycles. The quantitative estimate of drug-likeness (QED) is 0.634. The van der Waals surface area contributed by atoms with Crippen molar-refractivity contribution in [2.75, 3.05) is 6.54 Å². The standard InChI is InChI=1S/C18H21Br2N/c1-3-11-21-18(12-14-7-4-5-9-17(14)20)15-8-6-10-16(19)13(15)2/h4-10,18,21H,3,11-12H2,1-2H3. The van der Waals surface area contributed by atoms with Crippen LogP contribution in [0.5, 0.6) is 0 Å². The van der Waals surface area contributed by atoms with Gasteiger partial charge >= 0.3 is 0 Å². The molecule has 112 valence electrons. The van der Waals surface area contributed by atoms with Gasteiger partial charge in [0.25, 0.3) is 0 Å². The van der Waals surface area contributed by atoms with Crippen molar-refractivity contribution >= 4 is 31.9 Å². The first-order chi connectivity index (χ1) is 10.1. The summed E-state index contributed by atoms with van der Waals surface area (Å²) in [7, 11) is 0. The van der Waals surface area contributed by atoms with Crippen molar-refractivity contribution in [1.29, 1.82) is 0 Å². The molecule has 0 bridgehead atoms. The van der Waals surface area contributed by atoms with Crippen LogP contribution in [0.3, 0.4) is 0 Å². The van der Waals surface area contributed by atoms with Gasteiger partial charge in [0.05, 0.1) is 0 Å². The Bertz CT molecular complexity index is 596. The number of nitrogens with one attached hydrogen (secondary N) is 1. The lowest BCUT2D eigenvalue weighted by Gasteiger charge is -2.22. The highest BCUT2D eigenvalue weighted by Gasteiger charge is 2.16. The summed E-state index contributed by atoms with van der Waals surface area (Å²) in [5.41, 5.74) is 4.03. The van der Waals surface area contributed by atoms with E-state index >= 15 is 0 Å². The smallest absolute Gasteiger partial charge is 0.0364 e. The van der Waals surface area contributed by atoms with E-state index in [1.54, 1.807) is 0 Å².